The molecule has 1 atom stereocenters. The molecule has 1 N–H and O–H groups in total. The zero-order valence-electron chi connectivity index (χ0n) is 13.8. The van der Waals surface area contributed by atoms with E-state index in [-0.39, 0.29) is 30.3 Å². The minimum Gasteiger partial charge on any atom is -0.392 e. The van der Waals surface area contributed by atoms with Gasteiger partial charge < -0.3 is 10.0 Å². The first-order valence-electron chi connectivity index (χ1n) is 7.91. The van der Waals surface area contributed by atoms with Crippen molar-refractivity contribution < 1.29 is 18.3 Å². The van der Waals surface area contributed by atoms with Crippen molar-refractivity contribution in [3.8, 4) is 0 Å². The van der Waals surface area contributed by atoms with E-state index < -0.39 is 10.0 Å². The lowest BCUT2D eigenvalue weighted by Gasteiger charge is -2.38. The van der Waals surface area contributed by atoms with Crippen LogP contribution < -0.4 is 0 Å². The number of halogens is 1. The van der Waals surface area contributed by atoms with Gasteiger partial charge in [-0.2, -0.15) is 0 Å². The number of amides is 1. The standard InChI is InChI=1S/C14H27N3O4S.ClH/c1-12(18)11-15-7-9-16(10-8-15)14(19)13-3-5-17(6-4-13)22(2,20)21;/h12-13,18H,3-11H2,1-2H3;1H. The van der Waals surface area contributed by atoms with Crippen LogP contribution in [0.25, 0.3) is 0 Å². The number of nitrogens with zero attached hydrogens (tertiary/aromatic N) is 3. The molecule has 2 aliphatic heterocycles. The number of hydrogen-bond acceptors (Lipinski definition) is 5. The molecule has 7 nitrogen and oxygen atoms in total. The Morgan fingerprint density at radius 3 is 2.09 bits per heavy atom. The van der Waals surface area contributed by atoms with Crippen LogP contribution in [0.3, 0.4) is 0 Å². The van der Waals surface area contributed by atoms with Gasteiger partial charge in [0.05, 0.1) is 12.4 Å². The van der Waals surface area contributed by atoms with E-state index in [2.05, 4.69) is 4.90 Å². The first-order chi connectivity index (χ1) is 10.3. The maximum Gasteiger partial charge on any atom is 0.225 e. The van der Waals surface area contributed by atoms with Crippen molar-refractivity contribution in [2.75, 3.05) is 52.1 Å². The first kappa shape index (κ1) is 20.6. The lowest BCUT2D eigenvalue weighted by Crippen LogP contribution is -2.52. The largest absolute Gasteiger partial charge is 0.392 e. The van der Waals surface area contributed by atoms with Gasteiger partial charge in [-0.25, -0.2) is 12.7 Å². The third-order valence-electron chi connectivity index (χ3n) is 4.48. The molecule has 9 heteroatoms. The molecule has 2 rings (SSSR count). The highest BCUT2D eigenvalue weighted by Gasteiger charge is 2.32. The van der Waals surface area contributed by atoms with E-state index in [9.17, 15) is 18.3 Å². The molecule has 2 fully saturated rings. The van der Waals surface area contributed by atoms with Crippen LogP contribution in [0.2, 0.25) is 0 Å². The van der Waals surface area contributed by atoms with Crippen molar-refractivity contribution >= 4 is 28.3 Å². The van der Waals surface area contributed by atoms with Crippen LogP contribution in [0.5, 0.6) is 0 Å². The number of rotatable bonds is 4. The summed E-state index contributed by atoms with van der Waals surface area (Å²) in [4.78, 5) is 16.6. The molecular formula is C14H28ClN3O4S. The summed E-state index contributed by atoms with van der Waals surface area (Å²) in [6.45, 7) is 6.27. The topological polar surface area (TPSA) is 81.2 Å². The number of sulfonamides is 1. The molecule has 2 aliphatic rings. The Hall–Kier alpha value is -0.410. The van der Waals surface area contributed by atoms with Crippen LogP contribution in [0.1, 0.15) is 19.8 Å². The lowest BCUT2D eigenvalue weighted by molar-refractivity contribution is -0.138. The number of carbonyl (C=O) groups excluding carboxylic acids is 1. The molecule has 0 spiro atoms. The quantitative estimate of drug-likeness (QED) is 0.729. The fourth-order valence-corrected chi connectivity index (χ4v) is 4.09. The van der Waals surface area contributed by atoms with Gasteiger partial charge in [-0.15, -0.1) is 12.4 Å². The predicted molar refractivity (Wildman–Crippen MR) is 91.1 cm³/mol. The Labute approximate surface area is 145 Å². The predicted octanol–water partition coefficient (Wildman–Crippen LogP) is -0.395. The summed E-state index contributed by atoms with van der Waals surface area (Å²) in [5.74, 6) is 0.103. The smallest absolute Gasteiger partial charge is 0.225 e. The van der Waals surface area contributed by atoms with Crippen molar-refractivity contribution in [2.45, 2.75) is 25.9 Å². The van der Waals surface area contributed by atoms with E-state index >= 15 is 0 Å². The molecule has 0 aliphatic carbocycles. The molecule has 136 valence electrons. The summed E-state index contributed by atoms with van der Waals surface area (Å²) in [5.41, 5.74) is 0. The molecule has 0 aromatic heterocycles. The van der Waals surface area contributed by atoms with Gasteiger partial charge in [-0.05, 0) is 19.8 Å². The summed E-state index contributed by atoms with van der Waals surface area (Å²) in [6.07, 6.45) is 2.10. The van der Waals surface area contributed by atoms with Crippen molar-refractivity contribution in [1.29, 1.82) is 0 Å². The molecule has 1 unspecified atom stereocenters. The molecule has 23 heavy (non-hydrogen) atoms. The van der Waals surface area contributed by atoms with E-state index in [0.717, 1.165) is 13.1 Å². The second-order valence-electron chi connectivity index (χ2n) is 6.41. The van der Waals surface area contributed by atoms with Crippen molar-refractivity contribution in [2.24, 2.45) is 5.92 Å². The van der Waals surface area contributed by atoms with Gasteiger partial charge in [0.1, 0.15) is 0 Å². The van der Waals surface area contributed by atoms with E-state index in [1.807, 2.05) is 4.90 Å². The van der Waals surface area contributed by atoms with Crippen LogP contribution in [-0.2, 0) is 14.8 Å². The van der Waals surface area contributed by atoms with Crippen molar-refractivity contribution in [3.63, 3.8) is 0 Å². The summed E-state index contributed by atoms with van der Waals surface area (Å²) >= 11 is 0. The number of aliphatic hydroxyl groups is 1. The third-order valence-corrected chi connectivity index (χ3v) is 5.78. The maximum absolute atomic E-state index is 12.5. The number of piperidine rings is 1. The Bertz CT molecular complexity index is 484. The van der Waals surface area contributed by atoms with Crippen molar-refractivity contribution in [1.82, 2.24) is 14.1 Å². The molecule has 0 bridgehead atoms. The van der Waals surface area contributed by atoms with Crippen LogP contribution in [0, 0.1) is 5.92 Å². The average Bonchev–Trinajstić information content (AvgIpc) is 2.46. The highest BCUT2D eigenvalue weighted by molar-refractivity contribution is 7.88. The number of carbonyl (C=O) groups is 1. The van der Waals surface area contributed by atoms with Gasteiger partial charge in [0.25, 0.3) is 0 Å². The van der Waals surface area contributed by atoms with Gasteiger partial charge in [0.2, 0.25) is 15.9 Å². The van der Waals surface area contributed by atoms with Crippen LogP contribution in [-0.4, -0.2) is 91.7 Å². The first-order valence-corrected chi connectivity index (χ1v) is 9.76. The third kappa shape index (κ3) is 5.86. The second-order valence-corrected chi connectivity index (χ2v) is 8.39. The Morgan fingerprint density at radius 1 is 1.13 bits per heavy atom. The monoisotopic (exact) mass is 369 g/mol. The van der Waals surface area contributed by atoms with E-state index in [1.165, 1.54) is 10.6 Å². The van der Waals surface area contributed by atoms with Crippen LogP contribution >= 0.6 is 12.4 Å². The SMILES string of the molecule is CC(O)CN1CCN(C(=O)C2CCN(S(C)(=O)=O)CC2)CC1.Cl. The highest BCUT2D eigenvalue weighted by atomic mass is 35.5. The average molecular weight is 370 g/mol. The normalized spacial score (nSPS) is 23.3. The summed E-state index contributed by atoms with van der Waals surface area (Å²) < 4.78 is 24.4. The second kappa shape index (κ2) is 8.62. The van der Waals surface area contributed by atoms with Gasteiger partial charge in [-0.3, -0.25) is 9.69 Å². The molecule has 0 aromatic rings. The number of hydrogen-bond donors (Lipinski definition) is 1. The van der Waals surface area contributed by atoms with E-state index in [1.54, 1.807) is 6.92 Å². The minimum absolute atomic E-state index is 0. The fraction of sp³-hybridized carbons (Fsp3) is 0.929. The molecule has 0 saturated carbocycles. The Morgan fingerprint density at radius 2 is 1.65 bits per heavy atom. The minimum atomic E-state index is -3.14. The molecule has 0 aromatic carbocycles. The zero-order chi connectivity index (χ0) is 16.3. The molecule has 2 saturated heterocycles. The molecule has 1 amide bonds. The van der Waals surface area contributed by atoms with Gasteiger partial charge in [0, 0.05) is 51.7 Å². The van der Waals surface area contributed by atoms with E-state index in [0.29, 0.717) is 45.6 Å². The number of aliphatic hydroxyl groups excluding tert-OH is 1. The molecule has 2 heterocycles. The fourth-order valence-electron chi connectivity index (χ4n) is 3.22. The highest BCUT2D eigenvalue weighted by Crippen LogP contribution is 2.22. The summed E-state index contributed by atoms with van der Waals surface area (Å²) in [6, 6.07) is 0. The van der Waals surface area contributed by atoms with Crippen LogP contribution in [0.4, 0.5) is 0 Å². The van der Waals surface area contributed by atoms with Crippen LogP contribution in [0.15, 0.2) is 0 Å². The number of β-amino-alcohol motifs (C(OH)–C–C–N with tert-alkyl or cyclic N) is 1. The van der Waals surface area contributed by atoms with Gasteiger partial charge in [0.15, 0.2) is 0 Å². The zero-order valence-corrected chi connectivity index (χ0v) is 15.5. The molecular weight excluding hydrogens is 342 g/mol. The summed E-state index contributed by atoms with van der Waals surface area (Å²) in [5, 5.41) is 9.40. The Balaban J connectivity index is 0.00000264. The van der Waals surface area contributed by atoms with E-state index in [4.69, 9.17) is 0 Å². The van der Waals surface area contributed by atoms with Crippen molar-refractivity contribution in [3.05, 3.63) is 0 Å². The maximum atomic E-state index is 12.5. The summed E-state index contributed by atoms with van der Waals surface area (Å²) in [7, 11) is -3.14. The lowest BCUT2D eigenvalue weighted by atomic mass is 9.96. The van der Waals surface area contributed by atoms with Gasteiger partial charge in [-0.1, -0.05) is 0 Å². The Kier molecular flexibility index (Phi) is 7.73. The van der Waals surface area contributed by atoms with Gasteiger partial charge >= 0.3 is 0 Å². The number of piperazine rings is 1. The molecule has 0 radical (unpaired) electrons.